The van der Waals surface area contributed by atoms with Crippen LogP contribution < -0.4 is 9.47 Å². The number of carbonyl (C=O) groups is 1. The van der Waals surface area contributed by atoms with Crippen molar-refractivity contribution in [1.82, 2.24) is 0 Å². The number of aryl methyl sites for hydroxylation is 1. The molecule has 2 aromatic carbocycles. The van der Waals surface area contributed by atoms with Crippen LogP contribution in [-0.4, -0.2) is 19.2 Å². The van der Waals surface area contributed by atoms with Crippen LogP contribution in [0.5, 0.6) is 17.2 Å². The SMILES string of the molecule is CCOC(=O)COc1ccc(Oc2cccc(C)c2)cc1. The van der Waals surface area contributed by atoms with Crippen LogP contribution in [0.3, 0.4) is 0 Å². The van der Waals surface area contributed by atoms with Crippen molar-refractivity contribution in [2.45, 2.75) is 13.8 Å². The van der Waals surface area contributed by atoms with Crippen LogP contribution in [0.4, 0.5) is 0 Å². The maximum atomic E-state index is 11.2. The Kier molecular flexibility index (Phi) is 5.21. The summed E-state index contributed by atoms with van der Waals surface area (Å²) in [5.74, 6) is 1.72. The number of carbonyl (C=O) groups excluding carboxylic acids is 1. The standard InChI is InChI=1S/C17H18O4/c1-3-19-17(18)12-20-14-7-9-15(10-8-14)21-16-6-4-5-13(2)11-16/h4-11H,3,12H2,1-2H3. The zero-order valence-electron chi connectivity index (χ0n) is 12.2. The number of esters is 1. The van der Waals surface area contributed by atoms with Gasteiger partial charge in [0.25, 0.3) is 0 Å². The summed E-state index contributed by atoms with van der Waals surface area (Å²) in [6.45, 7) is 4.03. The van der Waals surface area contributed by atoms with E-state index in [0.29, 0.717) is 18.1 Å². The molecule has 0 aliphatic carbocycles. The average molecular weight is 286 g/mol. The number of hydrogen-bond donors (Lipinski definition) is 0. The van der Waals surface area contributed by atoms with Crippen molar-refractivity contribution >= 4 is 5.97 Å². The van der Waals surface area contributed by atoms with E-state index in [1.165, 1.54) is 0 Å². The first-order chi connectivity index (χ1) is 10.2. The smallest absolute Gasteiger partial charge is 0.344 e. The van der Waals surface area contributed by atoms with Crippen LogP contribution >= 0.6 is 0 Å². The molecule has 0 saturated carbocycles. The fourth-order valence-corrected chi connectivity index (χ4v) is 1.76. The van der Waals surface area contributed by atoms with E-state index in [4.69, 9.17) is 14.2 Å². The lowest BCUT2D eigenvalue weighted by Gasteiger charge is -2.08. The van der Waals surface area contributed by atoms with E-state index in [1.54, 1.807) is 31.2 Å². The number of ether oxygens (including phenoxy) is 3. The minimum absolute atomic E-state index is 0.0913. The normalized spacial score (nSPS) is 10.0. The van der Waals surface area contributed by atoms with Gasteiger partial charge in [0.15, 0.2) is 6.61 Å². The van der Waals surface area contributed by atoms with Crippen LogP contribution in [0.1, 0.15) is 12.5 Å². The second kappa shape index (κ2) is 7.33. The third-order valence-electron chi connectivity index (χ3n) is 2.71. The molecule has 0 aliphatic rings. The van der Waals surface area contributed by atoms with Gasteiger partial charge in [-0.05, 0) is 55.8 Å². The molecular weight excluding hydrogens is 268 g/mol. The quantitative estimate of drug-likeness (QED) is 0.759. The Balaban J connectivity index is 1.91. The molecule has 0 amide bonds. The highest BCUT2D eigenvalue weighted by molar-refractivity contribution is 5.71. The maximum Gasteiger partial charge on any atom is 0.344 e. The van der Waals surface area contributed by atoms with E-state index in [2.05, 4.69) is 0 Å². The van der Waals surface area contributed by atoms with Gasteiger partial charge in [-0.3, -0.25) is 0 Å². The van der Waals surface area contributed by atoms with Crippen LogP contribution in [0.2, 0.25) is 0 Å². The summed E-state index contributed by atoms with van der Waals surface area (Å²) in [6.07, 6.45) is 0. The molecule has 0 saturated heterocycles. The molecular formula is C17H18O4. The topological polar surface area (TPSA) is 44.8 Å². The Bertz CT molecular complexity index is 590. The van der Waals surface area contributed by atoms with Crippen molar-refractivity contribution in [1.29, 1.82) is 0 Å². The Morgan fingerprint density at radius 3 is 2.38 bits per heavy atom. The van der Waals surface area contributed by atoms with Gasteiger partial charge < -0.3 is 14.2 Å². The van der Waals surface area contributed by atoms with Gasteiger partial charge >= 0.3 is 5.97 Å². The molecule has 0 aliphatic heterocycles. The zero-order valence-corrected chi connectivity index (χ0v) is 12.2. The molecule has 4 nitrogen and oxygen atoms in total. The molecule has 2 aromatic rings. The molecule has 21 heavy (non-hydrogen) atoms. The van der Waals surface area contributed by atoms with E-state index in [1.807, 2.05) is 31.2 Å². The molecule has 0 bridgehead atoms. The van der Waals surface area contributed by atoms with E-state index in [9.17, 15) is 4.79 Å². The fraction of sp³-hybridized carbons (Fsp3) is 0.235. The molecule has 0 heterocycles. The highest BCUT2D eigenvalue weighted by Gasteiger charge is 2.03. The van der Waals surface area contributed by atoms with E-state index in [0.717, 1.165) is 11.3 Å². The molecule has 0 N–H and O–H groups in total. The van der Waals surface area contributed by atoms with Gasteiger partial charge in [0.1, 0.15) is 17.2 Å². The molecule has 4 heteroatoms. The Morgan fingerprint density at radius 2 is 1.71 bits per heavy atom. The molecule has 110 valence electrons. The molecule has 0 spiro atoms. The van der Waals surface area contributed by atoms with Crippen molar-refractivity contribution in [2.75, 3.05) is 13.2 Å². The van der Waals surface area contributed by atoms with Crippen molar-refractivity contribution in [3.63, 3.8) is 0 Å². The van der Waals surface area contributed by atoms with Crippen molar-refractivity contribution in [3.8, 4) is 17.2 Å². The summed E-state index contributed by atoms with van der Waals surface area (Å²) < 4.78 is 15.8. The van der Waals surface area contributed by atoms with Gasteiger partial charge in [0.05, 0.1) is 6.61 Å². The number of benzene rings is 2. The van der Waals surface area contributed by atoms with Crippen LogP contribution in [0, 0.1) is 6.92 Å². The van der Waals surface area contributed by atoms with Gasteiger partial charge in [0, 0.05) is 0 Å². The molecule has 0 fully saturated rings. The first-order valence-electron chi connectivity index (χ1n) is 6.80. The van der Waals surface area contributed by atoms with Crippen molar-refractivity contribution in [2.24, 2.45) is 0 Å². The largest absolute Gasteiger partial charge is 0.482 e. The molecule has 0 atom stereocenters. The molecule has 0 aromatic heterocycles. The predicted molar refractivity (Wildman–Crippen MR) is 79.8 cm³/mol. The number of hydrogen-bond acceptors (Lipinski definition) is 4. The lowest BCUT2D eigenvalue weighted by molar-refractivity contribution is -0.145. The highest BCUT2D eigenvalue weighted by atomic mass is 16.6. The number of rotatable bonds is 6. The van der Waals surface area contributed by atoms with E-state index < -0.39 is 0 Å². The minimum Gasteiger partial charge on any atom is -0.482 e. The third-order valence-corrected chi connectivity index (χ3v) is 2.71. The predicted octanol–water partition coefficient (Wildman–Crippen LogP) is 3.73. The summed E-state index contributed by atoms with van der Waals surface area (Å²) in [7, 11) is 0. The lowest BCUT2D eigenvalue weighted by Crippen LogP contribution is -2.14. The maximum absolute atomic E-state index is 11.2. The fourth-order valence-electron chi connectivity index (χ4n) is 1.76. The molecule has 0 radical (unpaired) electrons. The first kappa shape index (κ1) is 14.9. The summed E-state index contributed by atoms with van der Waals surface area (Å²) >= 11 is 0. The van der Waals surface area contributed by atoms with Crippen LogP contribution in [0.25, 0.3) is 0 Å². The Morgan fingerprint density at radius 1 is 1.00 bits per heavy atom. The van der Waals surface area contributed by atoms with E-state index in [-0.39, 0.29) is 12.6 Å². The second-order valence-electron chi connectivity index (χ2n) is 4.48. The van der Waals surface area contributed by atoms with Crippen LogP contribution in [-0.2, 0) is 9.53 Å². The minimum atomic E-state index is -0.377. The van der Waals surface area contributed by atoms with Gasteiger partial charge in [-0.25, -0.2) is 4.79 Å². The summed E-state index contributed by atoms with van der Waals surface area (Å²) in [5, 5.41) is 0. The monoisotopic (exact) mass is 286 g/mol. The van der Waals surface area contributed by atoms with Gasteiger partial charge in [-0.1, -0.05) is 12.1 Å². The molecule has 2 rings (SSSR count). The molecule has 0 unspecified atom stereocenters. The first-order valence-corrected chi connectivity index (χ1v) is 6.80. The average Bonchev–Trinajstić information content (AvgIpc) is 2.47. The van der Waals surface area contributed by atoms with Crippen molar-refractivity contribution in [3.05, 3.63) is 54.1 Å². The Labute approximate surface area is 124 Å². The highest BCUT2D eigenvalue weighted by Crippen LogP contribution is 2.24. The van der Waals surface area contributed by atoms with E-state index >= 15 is 0 Å². The van der Waals surface area contributed by atoms with Gasteiger partial charge in [-0.2, -0.15) is 0 Å². The Hall–Kier alpha value is -2.49. The summed E-state index contributed by atoms with van der Waals surface area (Å²) in [4.78, 5) is 11.2. The van der Waals surface area contributed by atoms with Crippen molar-refractivity contribution < 1.29 is 19.0 Å². The third kappa shape index (κ3) is 4.84. The van der Waals surface area contributed by atoms with Gasteiger partial charge in [-0.15, -0.1) is 0 Å². The van der Waals surface area contributed by atoms with Gasteiger partial charge in [0.2, 0.25) is 0 Å². The summed E-state index contributed by atoms with van der Waals surface area (Å²) in [5.41, 5.74) is 1.14. The summed E-state index contributed by atoms with van der Waals surface area (Å²) in [6, 6.07) is 14.9. The lowest BCUT2D eigenvalue weighted by atomic mass is 10.2. The second-order valence-corrected chi connectivity index (χ2v) is 4.48. The zero-order chi connectivity index (χ0) is 15.1. The van der Waals surface area contributed by atoms with Crippen LogP contribution in [0.15, 0.2) is 48.5 Å².